The minimum absolute atomic E-state index is 0.0821. The van der Waals surface area contributed by atoms with Gasteiger partial charge in [0.1, 0.15) is 17.0 Å². The third-order valence-corrected chi connectivity index (χ3v) is 11.6. The van der Waals surface area contributed by atoms with Crippen LogP contribution in [0.3, 0.4) is 0 Å². The molecule has 0 aromatic carbocycles. The molecule has 0 unspecified atom stereocenters. The maximum Gasteiger partial charge on any atom is 0.425 e. The summed E-state index contributed by atoms with van der Waals surface area (Å²) in [4.78, 5) is 43.8. The van der Waals surface area contributed by atoms with Gasteiger partial charge in [-0.05, 0) is 70.7 Å². The molecule has 0 spiro atoms. The van der Waals surface area contributed by atoms with Crippen LogP contribution in [0, 0.1) is 5.92 Å². The van der Waals surface area contributed by atoms with Crippen LogP contribution in [-0.4, -0.2) is 53.6 Å². The molecule has 0 radical (unpaired) electrons. The van der Waals surface area contributed by atoms with Crippen LogP contribution < -0.4 is 4.90 Å². The van der Waals surface area contributed by atoms with E-state index in [0.29, 0.717) is 6.42 Å². The molecule has 1 saturated heterocycles. The molecule has 1 aliphatic heterocycles. The van der Waals surface area contributed by atoms with E-state index < -0.39 is 31.6 Å². The average molecular weight is 492 g/mol. The van der Waals surface area contributed by atoms with Crippen molar-refractivity contribution in [3.63, 3.8) is 0 Å². The lowest BCUT2D eigenvalue weighted by atomic mass is 9.94. The van der Waals surface area contributed by atoms with E-state index in [-0.39, 0.29) is 22.7 Å². The number of pyridine rings is 1. The highest BCUT2D eigenvalue weighted by Crippen LogP contribution is 2.42. The maximum atomic E-state index is 13.0. The van der Waals surface area contributed by atoms with Gasteiger partial charge in [-0.3, -0.25) is 4.79 Å². The van der Waals surface area contributed by atoms with Gasteiger partial charge in [0.2, 0.25) is 5.91 Å². The van der Waals surface area contributed by atoms with E-state index in [9.17, 15) is 14.4 Å². The summed E-state index contributed by atoms with van der Waals surface area (Å²) < 4.78 is 12.9. The van der Waals surface area contributed by atoms with Crippen LogP contribution in [0.2, 0.25) is 18.1 Å². The Balaban J connectivity index is 2.26. The molecule has 9 heteroatoms. The van der Waals surface area contributed by atoms with Gasteiger partial charge in [0.25, 0.3) is 0 Å². The Morgan fingerprint density at radius 2 is 1.53 bits per heavy atom. The largest absolute Gasteiger partial charge is 0.443 e. The lowest BCUT2D eigenvalue weighted by Crippen LogP contribution is -2.67. The van der Waals surface area contributed by atoms with E-state index in [1.807, 2.05) is 0 Å². The van der Waals surface area contributed by atoms with Gasteiger partial charge in [0.15, 0.2) is 8.24 Å². The Morgan fingerprint density at radius 1 is 1.03 bits per heavy atom. The highest BCUT2D eigenvalue weighted by Gasteiger charge is 2.50. The molecule has 1 atom stereocenters. The van der Waals surface area contributed by atoms with Gasteiger partial charge < -0.3 is 14.0 Å². The minimum atomic E-state index is -1.91. The number of nitrogens with zero attached hydrogens (tertiary/aromatic N) is 3. The lowest BCUT2D eigenvalue weighted by Gasteiger charge is -2.53. The Morgan fingerprint density at radius 3 is 1.94 bits per heavy atom. The molecular formula is C25H41N3O5Si. The Hall–Kier alpha value is -2.42. The molecule has 2 rings (SSSR count). The summed E-state index contributed by atoms with van der Waals surface area (Å²) >= 11 is 0. The second-order valence-electron chi connectivity index (χ2n) is 12.5. The summed E-state index contributed by atoms with van der Waals surface area (Å²) in [5.41, 5.74) is -0.795. The molecule has 0 N–H and O–H groups in total. The van der Waals surface area contributed by atoms with E-state index in [0.717, 1.165) is 17.0 Å². The molecule has 0 bridgehead atoms. The molecule has 0 saturated carbocycles. The zero-order chi connectivity index (χ0) is 26.3. The maximum absolute atomic E-state index is 13.0. The molecule has 1 fully saturated rings. The summed E-state index contributed by atoms with van der Waals surface area (Å²) in [5, 5.41) is 0.0821. The molecule has 34 heavy (non-hydrogen) atoms. The fourth-order valence-corrected chi connectivity index (χ4v) is 5.65. The number of anilines is 1. The predicted octanol–water partition coefficient (Wildman–Crippen LogP) is 5.76. The molecular weight excluding hydrogens is 450 g/mol. The fourth-order valence-electron chi connectivity index (χ4n) is 3.43. The van der Waals surface area contributed by atoms with Gasteiger partial charge in [-0.15, -0.1) is 0 Å². The van der Waals surface area contributed by atoms with Gasteiger partial charge in [-0.2, -0.15) is 4.90 Å². The van der Waals surface area contributed by atoms with Gasteiger partial charge in [-0.1, -0.05) is 33.9 Å². The number of carbonyl (C=O) groups excluding carboxylic acids is 3. The van der Waals surface area contributed by atoms with Crippen molar-refractivity contribution in [2.75, 3.05) is 11.4 Å². The minimum Gasteiger partial charge on any atom is -0.443 e. The summed E-state index contributed by atoms with van der Waals surface area (Å²) in [6, 6.07) is 3.45. The monoisotopic (exact) mass is 491 g/mol. The summed E-state index contributed by atoms with van der Waals surface area (Å²) in [6.45, 7) is 22.1. The number of rotatable bonds is 4. The third kappa shape index (κ3) is 6.58. The molecule has 0 aliphatic carbocycles. The first-order chi connectivity index (χ1) is 15.2. The van der Waals surface area contributed by atoms with Crippen molar-refractivity contribution in [3.8, 4) is 0 Å². The topological polar surface area (TPSA) is 89.0 Å². The normalized spacial score (nSPS) is 17.2. The van der Waals surface area contributed by atoms with Crippen LogP contribution in [0.5, 0.6) is 0 Å². The number of hydrogen-bond donors (Lipinski definition) is 0. The van der Waals surface area contributed by atoms with Gasteiger partial charge >= 0.3 is 12.2 Å². The zero-order valence-corrected chi connectivity index (χ0v) is 23.6. The van der Waals surface area contributed by atoms with Crippen molar-refractivity contribution in [2.45, 2.75) is 98.1 Å². The molecule has 1 aliphatic rings. The van der Waals surface area contributed by atoms with E-state index in [2.05, 4.69) is 43.4 Å². The zero-order valence-electron chi connectivity index (χ0n) is 22.6. The highest BCUT2D eigenvalue weighted by molar-refractivity contribution is 6.79. The molecule has 2 heterocycles. The average Bonchev–Trinajstić information content (AvgIpc) is 2.60. The number of ether oxygens (including phenoxy) is 2. The van der Waals surface area contributed by atoms with Crippen LogP contribution in [0.15, 0.2) is 18.3 Å². The van der Waals surface area contributed by atoms with Gasteiger partial charge in [0, 0.05) is 12.7 Å². The lowest BCUT2D eigenvalue weighted by molar-refractivity contribution is -0.141. The SMILES string of the molecule is CC(C)(C)OC(=O)N(C(=O)OC(C)(C)C)c1cc(C[C@@H]2CN([Si](C)(C)C(C)(C)C)C2=O)ccn1. The van der Waals surface area contributed by atoms with Crippen LogP contribution >= 0.6 is 0 Å². The fraction of sp³-hybridized carbons (Fsp3) is 0.680. The first-order valence-corrected chi connectivity index (χ1v) is 14.7. The number of hydrogen-bond acceptors (Lipinski definition) is 6. The van der Waals surface area contributed by atoms with Gasteiger partial charge in [0.05, 0.1) is 5.92 Å². The smallest absolute Gasteiger partial charge is 0.425 e. The Labute approximate surface area is 205 Å². The van der Waals surface area contributed by atoms with E-state index in [1.54, 1.807) is 53.7 Å². The number of β-lactam (4-membered cyclic amide) rings is 1. The molecule has 3 amide bonds. The second-order valence-corrected chi connectivity index (χ2v) is 17.6. The van der Waals surface area contributed by atoms with Crippen molar-refractivity contribution >= 4 is 32.1 Å². The molecule has 1 aromatic rings. The van der Waals surface area contributed by atoms with Crippen molar-refractivity contribution in [2.24, 2.45) is 5.92 Å². The number of aromatic nitrogens is 1. The molecule has 8 nitrogen and oxygen atoms in total. The van der Waals surface area contributed by atoms with Crippen molar-refractivity contribution < 1.29 is 23.9 Å². The number of carbonyl (C=O) groups is 3. The van der Waals surface area contributed by atoms with Crippen molar-refractivity contribution in [1.82, 2.24) is 9.55 Å². The van der Waals surface area contributed by atoms with E-state index >= 15 is 0 Å². The summed E-state index contributed by atoms with van der Waals surface area (Å²) in [7, 11) is -1.91. The summed E-state index contributed by atoms with van der Waals surface area (Å²) in [5.74, 6) is 0.149. The van der Waals surface area contributed by atoms with Crippen LogP contribution in [0.4, 0.5) is 15.4 Å². The second kappa shape index (κ2) is 9.32. The van der Waals surface area contributed by atoms with E-state index in [1.165, 1.54) is 6.20 Å². The first kappa shape index (κ1) is 27.8. The summed E-state index contributed by atoms with van der Waals surface area (Å²) in [6.07, 6.45) is 0.308. The van der Waals surface area contributed by atoms with Crippen LogP contribution in [0.1, 0.15) is 67.9 Å². The van der Waals surface area contributed by atoms with Crippen molar-refractivity contribution in [3.05, 3.63) is 23.9 Å². The quantitative estimate of drug-likeness (QED) is 0.393. The van der Waals surface area contributed by atoms with E-state index in [4.69, 9.17) is 9.47 Å². The highest BCUT2D eigenvalue weighted by atomic mass is 28.3. The van der Waals surface area contributed by atoms with Crippen molar-refractivity contribution in [1.29, 1.82) is 0 Å². The van der Waals surface area contributed by atoms with Crippen LogP contribution in [0.25, 0.3) is 0 Å². The van der Waals surface area contributed by atoms with Crippen LogP contribution in [-0.2, 0) is 20.7 Å². The standard InChI is InChI=1S/C25H41N3O5Si/c1-23(2,3)32-21(30)28(22(31)33-24(4,5)6)19-15-17(12-13-26-19)14-18-16-27(20(18)29)34(10,11)25(7,8)9/h12-13,15,18H,14,16H2,1-11H3/t18-/m1/s1. The first-order valence-electron chi connectivity index (χ1n) is 11.8. The Kier molecular flexibility index (Phi) is 7.62. The number of imide groups is 1. The Bertz CT molecular complexity index is 913. The van der Waals surface area contributed by atoms with Gasteiger partial charge in [-0.25, -0.2) is 14.6 Å². The predicted molar refractivity (Wildman–Crippen MR) is 135 cm³/mol. The molecule has 190 valence electrons. The molecule has 1 aromatic heterocycles. The number of amides is 3. The third-order valence-electron chi connectivity index (χ3n) is 6.20.